The van der Waals surface area contributed by atoms with E-state index in [9.17, 15) is 0 Å². The van der Waals surface area contributed by atoms with Gasteiger partial charge >= 0.3 is 421 Å². The number of unbranched alkanes of at least 4 members (excludes halogenated alkanes) is 45. The molecule has 0 spiro atoms. The third-order valence-electron chi connectivity index (χ3n) is 18.7. The molecule has 0 aliphatic heterocycles. The average Bonchev–Trinajstić information content (AvgIpc) is 3.46. The summed E-state index contributed by atoms with van der Waals surface area (Å²) in [6.07, 6.45) is 82.2. The molecule has 0 aliphatic rings. The molecule has 6 heteroatoms. The summed E-state index contributed by atoms with van der Waals surface area (Å²) in [5, 5.41) is 0. The Kier molecular flexibility index (Phi) is 62.1. The predicted molar refractivity (Wildman–Crippen MR) is 370 cm³/mol. The van der Waals surface area contributed by atoms with Crippen LogP contribution in [0.5, 0.6) is 0 Å². The third kappa shape index (κ3) is 46.3. The predicted octanol–water partition coefficient (Wildman–Crippen LogP) is 28.6. The zero-order valence-corrected chi connectivity index (χ0v) is 59.2. The molecule has 0 bridgehead atoms. The number of hydrogen-bond acceptors (Lipinski definition) is 3. The van der Waals surface area contributed by atoms with Crippen molar-refractivity contribution < 1.29 is 13.2 Å². The van der Waals surface area contributed by atoms with E-state index in [1.54, 1.807) is 0 Å². The zero-order valence-electron chi connectivity index (χ0n) is 56.5. The van der Waals surface area contributed by atoms with Gasteiger partial charge in [-0.25, -0.2) is 0 Å². The van der Waals surface area contributed by atoms with E-state index in [0.29, 0.717) is 0 Å². The van der Waals surface area contributed by atoms with E-state index in [1.165, 1.54) is 396 Å². The monoisotopic (exact) mass is 1160 g/mol. The summed E-state index contributed by atoms with van der Waals surface area (Å²) in [4.78, 5) is 0. The molecular formula is C72H155O3P3. The van der Waals surface area contributed by atoms with Crippen LogP contribution in [0.3, 0.4) is 0 Å². The molecule has 0 aromatic heterocycles. The Hall–Kier alpha value is 1.01. The number of rotatable bonds is 65. The van der Waals surface area contributed by atoms with Gasteiger partial charge in [-0.2, -0.15) is 0 Å². The minimum atomic E-state index is -2.89. The fourth-order valence-electron chi connectivity index (χ4n) is 13.3. The van der Waals surface area contributed by atoms with Gasteiger partial charge in [-0.15, -0.1) is 0 Å². The van der Waals surface area contributed by atoms with Crippen molar-refractivity contribution in [2.75, 3.05) is 49.3 Å². The molecule has 0 atom stereocenters. The molecule has 0 radical (unpaired) electrons. The van der Waals surface area contributed by atoms with Crippen LogP contribution in [0.4, 0.5) is 0 Å². The first kappa shape index (κ1) is 81.1. The summed E-state index contributed by atoms with van der Waals surface area (Å²) in [6.45, 7) is 17.6. The van der Waals surface area contributed by atoms with Gasteiger partial charge in [-0.3, -0.25) is 0 Å². The number of hydrogen-bond donors (Lipinski definition) is 0. The molecule has 0 fully saturated rings. The Bertz CT molecular complexity index is 1040. The molecule has 0 unspecified atom stereocenters. The minimum absolute atomic E-state index is 1.21. The quantitative estimate of drug-likeness (QED) is 0.0450. The van der Waals surface area contributed by atoms with E-state index in [4.69, 9.17) is 8.62 Å². The molecule has 78 heavy (non-hydrogen) atoms. The van der Waals surface area contributed by atoms with E-state index >= 15 is 4.57 Å². The van der Waals surface area contributed by atoms with Crippen LogP contribution in [-0.4, -0.2) is 49.3 Å². The van der Waals surface area contributed by atoms with E-state index in [1.807, 2.05) is 0 Å². The Morgan fingerprint density at radius 3 is 0.410 bits per heavy atom. The average molecular weight is 1160 g/mol. The van der Waals surface area contributed by atoms with E-state index in [-0.39, 0.29) is 0 Å². The smallest absolute Gasteiger partial charge is 0.0654 e. The molecular weight excluding hydrogens is 1010 g/mol. The Balaban J connectivity index is 0. The van der Waals surface area contributed by atoms with Gasteiger partial charge in [0.25, 0.3) is 0 Å². The Labute approximate surface area is 497 Å². The van der Waals surface area contributed by atoms with Gasteiger partial charge in [0, 0.05) is 0 Å². The van der Waals surface area contributed by atoms with Crippen LogP contribution in [-0.2, 0) is 13.2 Å². The fourth-order valence-corrected chi connectivity index (χ4v) is 30.9. The van der Waals surface area contributed by atoms with Gasteiger partial charge in [0.15, 0.2) is 0 Å². The van der Waals surface area contributed by atoms with Crippen molar-refractivity contribution >= 4 is 21.9 Å². The maximum absolute atomic E-state index is 16.1. The topological polar surface area (TPSA) is 35.5 Å². The minimum Gasteiger partial charge on any atom is -0.0654 e. The molecule has 476 valence electrons. The first-order valence-corrected chi connectivity index (χ1v) is 44.1. The van der Waals surface area contributed by atoms with E-state index in [2.05, 4.69) is 69.2 Å². The van der Waals surface area contributed by atoms with Crippen LogP contribution in [0, 0.1) is 0 Å². The van der Waals surface area contributed by atoms with Crippen LogP contribution in [0.2, 0.25) is 0 Å². The Morgan fingerprint density at radius 1 is 0.179 bits per heavy atom. The van der Waals surface area contributed by atoms with Crippen LogP contribution >= 0.6 is 21.9 Å². The second-order valence-corrected chi connectivity index (χ2v) is 39.5. The summed E-state index contributed by atoms with van der Waals surface area (Å²) < 4.78 is 32.1. The van der Waals surface area contributed by atoms with Crippen molar-refractivity contribution in [1.29, 1.82) is 0 Å². The third-order valence-corrected chi connectivity index (χ3v) is 35.6. The van der Waals surface area contributed by atoms with Gasteiger partial charge in [-0.1, -0.05) is 79.1 Å². The SMILES string of the molecule is CCCCCCCC.CCCCCCCCCCCCCCP(CCCCCC)(CCCCCC)(CCCCCC)O[PH](=O)OP(CCCCCC)(CCCCCC)(CCCCCC)CCCCCCCCCCCCCC. The second-order valence-electron chi connectivity index (χ2n) is 26.5. The summed E-state index contributed by atoms with van der Waals surface area (Å²) in [5.74, 6) is 0. The Morgan fingerprint density at radius 2 is 0.282 bits per heavy atom. The van der Waals surface area contributed by atoms with Crippen molar-refractivity contribution in [1.82, 2.24) is 0 Å². The molecule has 0 saturated carbocycles. The molecule has 0 N–H and O–H groups in total. The molecule has 0 heterocycles. The van der Waals surface area contributed by atoms with Gasteiger partial charge in [0.05, 0.1) is 0 Å². The maximum atomic E-state index is 16.1. The summed E-state index contributed by atoms with van der Waals surface area (Å²) in [5.41, 5.74) is 0. The first-order valence-electron chi connectivity index (χ1n) is 37.1. The van der Waals surface area contributed by atoms with Crippen LogP contribution in [0.15, 0.2) is 0 Å². The molecule has 0 amide bonds. The first-order chi connectivity index (χ1) is 38.1. The van der Waals surface area contributed by atoms with Crippen LogP contribution in [0.25, 0.3) is 0 Å². The van der Waals surface area contributed by atoms with Crippen molar-refractivity contribution in [2.24, 2.45) is 0 Å². The molecule has 3 nitrogen and oxygen atoms in total. The molecule has 0 rings (SSSR count). The standard InChI is InChI=1S/C64H137O3P3.C8H18/c1-9-17-25-33-35-37-39-41-43-45-47-55-63-69(57-49-27-19-11-3,58-50-28-20-12-4,59-51-29-21-13-5)66-68(65)67-70(60-52-30-22-14-6,61-53-31-23-15-7,62-54-32-24-16-8)64-56-48-46-44-42-40-38-36-34-26-18-10-2;1-3-5-7-8-6-4-2/h68H,9-64H2,1-8H3;3-8H2,1-2H3. The van der Waals surface area contributed by atoms with Crippen molar-refractivity contribution in [3.05, 3.63) is 0 Å². The van der Waals surface area contributed by atoms with Crippen LogP contribution in [0.1, 0.15) is 416 Å². The van der Waals surface area contributed by atoms with Crippen molar-refractivity contribution in [2.45, 2.75) is 416 Å². The zero-order chi connectivity index (χ0) is 57.7. The molecule has 0 aromatic carbocycles. The summed E-state index contributed by atoms with van der Waals surface area (Å²) in [7, 11) is -2.73. The van der Waals surface area contributed by atoms with Crippen LogP contribution < -0.4 is 0 Å². The van der Waals surface area contributed by atoms with Gasteiger partial charge in [0.1, 0.15) is 0 Å². The summed E-state index contributed by atoms with van der Waals surface area (Å²) in [6, 6.07) is 0. The fraction of sp³-hybridized carbons (Fsp3) is 1.00. The van der Waals surface area contributed by atoms with Gasteiger partial charge in [0.2, 0.25) is 0 Å². The molecule has 0 aliphatic carbocycles. The van der Waals surface area contributed by atoms with E-state index < -0.39 is 21.9 Å². The summed E-state index contributed by atoms with van der Waals surface area (Å²) >= 11 is 0. The second kappa shape index (κ2) is 59.7. The van der Waals surface area contributed by atoms with Crippen molar-refractivity contribution in [3.63, 3.8) is 0 Å². The van der Waals surface area contributed by atoms with Gasteiger partial charge in [-0.05, 0) is 0 Å². The molecule has 0 aromatic rings. The van der Waals surface area contributed by atoms with Crippen molar-refractivity contribution in [3.8, 4) is 0 Å². The van der Waals surface area contributed by atoms with E-state index in [0.717, 1.165) is 0 Å². The normalized spacial score (nSPS) is 13.5. The van der Waals surface area contributed by atoms with Gasteiger partial charge < -0.3 is 0 Å². The molecule has 0 saturated heterocycles.